The second-order valence-corrected chi connectivity index (χ2v) is 15.3. The predicted octanol–water partition coefficient (Wildman–Crippen LogP) is 6.37. The highest BCUT2D eigenvalue weighted by atomic mass is 32.2. The van der Waals surface area contributed by atoms with Crippen LogP contribution >= 0.6 is 22.7 Å². The highest BCUT2D eigenvalue weighted by molar-refractivity contribution is 7.94. The number of carboxylic acid groups (broad SMARTS) is 1. The predicted molar refractivity (Wildman–Crippen MR) is 169 cm³/mol. The number of rotatable bonds is 9. The van der Waals surface area contributed by atoms with E-state index in [2.05, 4.69) is 25.9 Å². The Hall–Kier alpha value is -3.86. The SMILES string of the molecule is O=C(O)C(F)(F)F.O=S(=O)(c1cccs1)N(CC1CC1)c1cccc2cc(-c3ncc(CN4CCC(c5ncccn5)C4)s3)[nH]c12. The van der Waals surface area contributed by atoms with Crippen molar-refractivity contribution in [1.82, 2.24) is 24.8 Å². The van der Waals surface area contributed by atoms with Crippen molar-refractivity contribution < 1.29 is 31.5 Å². The van der Waals surface area contributed by atoms with Gasteiger partial charge in [0.1, 0.15) is 15.0 Å². The number of fused-ring (bicyclic) bond motifs is 1. The average Bonchev–Trinajstić information content (AvgIpc) is 3.53. The van der Waals surface area contributed by atoms with E-state index in [-0.39, 0.29) is 0 Å². The van der Waals surface area contributed by atoms with Gasteiger partial charge in [-0.15, -0.1) is 22.7 Å². The first-order chi connectivity index (χ1) is 22.0. The van der Waals surface area contributed by atoms with Crippen LogP contribution in [-0.4, -0.2) is 70.1 Å². The Morgan fingerprint density at radius 2 is 1.85 bits per heavy atom. The number of nitrogens with zero attached hydrogens (tertiary/aromatic N) is 5. The van der Waals surface area contributed by atoms with Crippen LogP contribution in [-0.2, 0) is 21.4 Å². The van der Waals surface area contributed by atoms with Gasteiger partial charge in [-0.25, -0.2) is 28.2 Å². The molecule has 2 fully saturated rings. The van der Waals surface area contributed by atoms with Gasteiger partial charge < -0.3 is 10.1 Å². The monoisotopic (exact) mass is 690 g/mol. The summed E-state index contributed by atoms with van der Waals surface area (Å²) < 4.78 is 61.0. The van der Waals surface area contributed by atoms with Gasteiger partial charge in [-0.05, 0) is 61.4 Å². The minimum absolute atomic E-state index is 0.370. The number of benzene rings is 1. The van der Waals surface area contributed by atoms with Crippen LogP contribution in [0.5, 0.6) is 0 Å². The maximum atomic E-state index is 13.7. The Morgan fingerprint density at radius 3 is 2.52 bits per heavy atom. The van der Waals surface area contributed by atoms with Crippen LogP contribution in [0.3, 0.4) is 0 Å². The standard InChI is InChI=1S/C28H28N6O2S3.C2HF3O2/c35-39(36,25-6-2-13-37-25)34(16-19-7-8-19)24-5-1-4-20-14-23(32-26(20)24)28-31-15-22(38-28)18-33-12-9-21(17-33)27-29-10-3-11-30-27;3-2(4,5)1(6)7/h1-6,10-11,13-15,19,21,32H,7-9,12,16-18H2;(H,6,7). The molecule has 0 bridgehead atoms. The summed E-state index contributed by atoms with van der Waals surface area (Å²) in [5.74, 6) is -1.05. The van der Waals surface area contributed by atoms with Gasteiger partial charge in [0.2, 0.25) is 0 Å². The molecule has 1 aromatic carbocycles. The highest BCUT2D eigenvalue weighted by Gasteiger charge is 2.38. The summed E-state index contributed by atoms with van der Waals surface area (Å²) in [5.41, 5.74) is 2.43. The first-order valence-corrected chi connectivity index (χ1v) is 17.5. The molecule has 1 atom stereocenters. The summed E-state index contributed by atoms with van der Waals surface area (Å²) in [6, 6.07) is 13.3. The van der Waals surface area contributed by atoms with Gasteiger partial charge in [0.25, 0.3) is 10.0 Å². The molecule has 2 N–H and O–H groups in total. The summed E-state index contributed by atoms with van der Waals surface area (Å²) in [6.07, 6.45) is 3.70. The zero-order valence-electron chi connectivity index (χ0n) is 24.2. The van der Waals surface area contributed by atoms with E-state index in [9.17, 15) is 21.6 Å². The van der Waals surface area contributed by atoms with Gasteiger partial charge in [-0.2, -0.15) is 13.2 Å². The van der Waals surface area contributed by atoms with Crippen LogP contribution in [0.25, 0.3) is 21.6 Å². The molecule has 1 saturated heterocycles. The van der Waals surface area contributed by atoms with Crippen molar-refractivity contribution in [1.29, 1.82) is 0 Å². The van der Waals surface area contributed by atoms with E-state index in [1.807, 2.05) is 48.2 Å². The number of H-pyrrole nitrogens is 1. The van der Waals surface area contributed by atoms with Crippen LogP contribution in [0.2, 0.25) is 0 Å². The molecule has 10 nitrogen and oxygen atoms in total. The van der Waals surface area contributed by atoms with Crippen LogP contribution in [0, 0.1) is 5.92 Å². The number of likely N-dealkylation sites (tertiary alicyclic amines) is 1. The summed E-state index contributed by atoms with van der Waals surface area (Å²) in [7, 11) is -3.64. The van der Waals surface area contributed by atoms with Crippen LogP contribution in [0.15, 0.2) is 70.6 Å². The van der Waals surface area contributed by atoms with Crippen molar-refractivity contribution in [3.8, 4) is 10.7 Å². The van der Waals surface area contributed by atoms with Gasteiger partial charge >= 0.3 is 12.1 Å². The molecule has 46 heavy (non-hydrogen) atoms. The van der Waals surface area contributed by atoms with E-state index in [0.29, 0.717) is 28.3 Å². The molecule has 1 aliphatic carbocycles. The van der Waals surface area contributed by atoms with E-state index in [1.165, 1.54) is 16.2 Å². The lowest BCUT2D eigenvalue weighted by molar-refractivity contribution is -0.192. The Balaban J connectivity index is 0.000000480. The third kappa shape index (κ3) is 7.24. The molecule has 4 aromatic heterocycles. The van der Waals surface area contributed by atoms with E-state index in [0.717, 1.165) is 66.3 Å². The van der Waals surface area contributed by atoms with Gasteiger partial charge in [0.15, 0.2) is 0 Å². The minimum atomic E-state index is -5.08. The first-order valence-electron chi connectivity index (χ1n) is 14.4. The number of hydrogen-bond acceptors (Lipinski definition) is 9. The van der Waals surface area contributed by atoms with E-state index >= 15 is 0 Å². The second-order valence-electron chi connectivity index (χ2n) is 11.1. The molecule has 0 radical (unpaired) electrons. The summed E-state index contributed by atoms with van der Waals surface area (Å²) in [6.45, 7) is 3.31. The number of aromatic amines is 1. The van der Waals surface area contributed by atoms with Crippen LogP contribution in [0.1, 0.15) is 35.9 Å². The fourth-order valence-corrected chi connectivity index (χ4v) is 8.86. The lowest BCUT2D eigenvalue weighted by Gasteiger charge is -2.24. The Bertz CT molecular complexity index is 1910. The molecule has 242 valence electrons. The molecule has 16 heteroatoms. The number of anilines is 1. The van der Waals surface area contributed by atoms with Crippen LogP contribution in [0.4, 0.5) is 18.9 Å². The van der Waals surface area contributed by atoms with Crippen molar-refractivity contribution in [2.45, 2.75) is 42.1 Å². The van der Waals surface area contributed by atoms with Crippen molar-refractivity contribution in [3.63, 3.8) is 0 Å². The Labute approximate surface area is 270 Å². The Morgan fingerprint density at radius 1 is 1.09 bits per heavy atom. The van der Waals surface area contributed by atoms with E-state index in [1.54, 1.807) is 27.8 Å². The maximum absolute atomic E-state index is 13.7. The van der Waals surface area contributed by atoms with Crippen molar-refractivity contribution in [2.24, 2.45) is 5.92 Å². The molecule has 1 unspecified atom stereocenters. The number of thiazole rings is 1. The molecular weight excluding hydrogens is 662 g/mol. The number of para-hydroxylation sites is 1. The summed E-state index contributed by atoms with van der Waals surface area (Å²) in [5, 5.41) is 10.8. The van der Waals surface area contributed by atoms with Gasteiger partial charge in [0.05, 0.1) is 16.9 Å². The zero-order chi connectivity index (χ0) is 32.5. The first kappa shape index (κ1) is 32.1. The molecule has 5 heterocycles. The number of thiophene rings is 1. The number of carbonyl (C=O) groups is 1. The molecule has 5 aromatic rings. The number of sulfonamides is 1. The number of alkyl halides is 3. The van der Waals surface area contributed by atoms with Gasteiger partial charge in [-0.1, -0.05) is 18.2 Å². The van der Waals surface area contributed by atoms with E-state index in [4.69, 9.17) is 14.9 Å². The minimum Gasteiger partial charge on any atom is -0.475 e. The van der Waals surface area contributed by atoms with Crippen molar-refractivity contribution >= 4 is 55.3 Å². The normalized spacial score (nSPS) is 17.2. The number of carboxylic acids is 1. The fourth-order valence-electron chi connectivity index (χ4n) is 5.28. The second kappa shape index (κ2) is 13.1. The lowest BCUT2D eigenvalue weighted by atomic mass is 10.1. The van der Waals surface area contributed by atoms with Crippen molar-refractivity contribution in [2.75, 3.05) is 23.9 Å². The van der Waals surface area contributed by atoms with Crippen molar-refractivity contribution in [3.05, 3.63) is 77.1 Å². The maximum Gasteiger partial charge on any atom is 0.490 e. The molecule has 0 amide bonds. The smallest absolute Gasteiger partial charge is 0.475 e. The molecule has 1 aliphatic heterocycles. The third-order valence-electron chi connectivity index (χ3n) is 7.69. The largest absolute Gasteiger partial charge is 0.490 e. The van der Waals surface area contributed by atoms with Gasteiger partial charge in [-0.3, -0.25) is 9.21 Å². The third-order valence-corrected chi connectivity index (χ3v) is 11.9. The molecule has 1 saturated carbocycles. The molecule has 2 aliphatic rings. The number of aromatic nitrogens is 4. The lowest BCUT2D eigenvalue weighted by Crippen LogP contribution is -2.32. The topological polar surface area (TPSA) is 132 Å². The fraction of sp³-hybridized carbons (Fsp3) is 0.333. The number of hydrogen-bond donors (Lipinski definition) is 2. The van der Waals surface area contributed by atoms with Gasteiger partial charge in [0, 0.05) is 54.4 Å². The number of nitrogens with one attached hydrogen (secondary N) is 1. The quantitative estimate of drug-likeness (QED) is 0.182. The zero-order valence-corrected chi connectivity index (χ0v) is 26.7. The Kier molecular flexibility index (Phi) is 9.14. The summed E-state index contributed by atoms with van der Waals surface area (Å²) >= 11 is 2.94. The number of halogens is 3. The van der Waals surface area contributed by atoms with Crippen LogP contribution < -0.4 is 4.31 Å². The highest BCUT2D eigenvalue weighted by Crippen LogP contribution is 2.39. The molecule has 7 rings (SSSR count). The average molecular weight is 691 g/mol. The molecule has 0 spiro atoms. The molecular formula is C30H29F3N6O4S3. The summed E-state index contributed by atoms with van der Waals surface area (Å²) in [4.78, 5) is 29.7. The number of aliphatic carboxylic acids is 1. The van der Waals surface area contributed by atoms with E-state index < -0.39 is 22.2 Å².